The van der Waals surface area contributed by atoms with Crippen LogP contribution in [-0.2, 0) is 19.1 Å². The van der Waals surface area contributed by atoms with Gasteiger partial charge in [0.2, 0.25) is 5.91 Å². The van der Waals surface area contributed by atoms with Gasteiger partial charge < -0.3 is 4.74 Å². The Labute approximate surface area is 172 Å². The van der Waals surface area contributed by atoms with Crippen LogP contribution in [0, 0.1) is 5.92 Å². The third-order valence-electron chi connectivity index (χ3n) is 4.29. The van der Waals surface area contributed by atoms with E-state index in [4.69, 9.17) is 4.74 Å². The maximum absolute atomic E-state index is 12.8. The minimum atomic E-state index is -0.625. The molecule has 3 rings (SSSR count). The molecule has 2 aliphatic heterocycles. The number of ether oxygens (including phenoxy) is 1. The van der Waals surface area contributed by atoms with Crippen molar-refractivity contribution in [2.75, 3.05) is 23.9 Å². The molecule has 1 atom stereocenters. The molecular weight excluding hydrogens is 394 g/mol. The molecule has 0 spiro atoms. The lowest BCUT2D eigenvalue weighted by atomic mass is 9.99. The van der Waals surface area contributed by atoms with Gasteiger partial charge in [-0.15, -0.1) is 5.10 Å². The molecule has 1 unspecified atom stereocenters. The van der Waals surface area contributed by atoms with Gasteiger partial charge in [0.05, 0.1) is 29.5 Å². The van der Waals surface area contributed by atoms with Gasteiger partial charge >= 0.3 is 5.97 Å². The molecular formula is C19H21N5O4S. The molecule has 2 amide bonds. The summed E-state index contributed by atoms with van der Waals surface area (Å²) in [5.74, 6) is -1.41. The van der Waals surface area contributed by atoms with Crippen molar-refractivity contribution in [3.05, 3.63) is 30.3 Å². The van der Waals surface area contributed by atoms with E-state index in [-0.39, 0.29) is 30.7 Å². The number of thioether (sulfide) groups is 1. The molecule has 0 saturated carbocycles. The van der Waals surface area contributed by atoms with Crippen LogP contribution < -0.4 is 5.01 Å². The van der Waals surface area contributed by atoms with Crippen LogP contribution in [0.15, 0.2) is 45.6 Å². The second-order valence-electron chi connectivity index (χ2n) is 6.36. The van der Waals surface area contributed by atoms with Crippen molar-refractivity contribution in [3.8, 4) is 0 Å². The quantitative estimate of drug-likeness (QED) is 0.401. The summed E-state index contributed by atoms with van der Waals surface area (Å²) < 4.78 is 4.89. The van der Waals surface area contributed by atoms with Gasteiger partial charge in [-0.25, -0.2) is 0 Å². The lowest BCUT2D eigenvalue weighted by Gasteiger charge is -2.15. The van der Waals surface area contributed by atoms with Gasteiger partial charge in [-0.3, -0.25) is 19.3 Å². The summed E-state index contributed by atoms with van der Waals surface area (Å²) in [4.78, 5) is 37.8. The van der Waals surface area contributed by atoms with Gasteiger partial charge in [0, 0.05) is 0 Å². The Morgan fingerprint density at radius 3 is 2.72 bits per heavy atom. The Morgan fingerprint density at radius 2 is 2.03 bits per heavy atom. The first-order valence-corrected chi connectivity index (χ1v) is 10.1. The van der Waals surface area contributed by atoms with E-state index >= 15 is 0 Å². The van der Waals surface area contributed by atoms with Crippen LogP contribution in [-0.4, -0.2) is 58.2 Å². The summed E-state index contributed by atoms with van der Waals surface area (Å²) in [6, 6.07) is 9.14. The third-order valence-corrected chi connectivity index (χ3v) is 5.24. The fraction of sp³-hybridized carbons (Fsp3) is 0.368. The van der Waals surface area contributed by atoms with E-state index in [2.05, 4.69) is 15.3 Å². The van der Waals surface area contributed by atoms with Gasteiger partial charge in [-0.2, -0.15) is 15.2 Å². The van der Waals surface area contributed by atoms with Crippen molar-refractivity contribution in [1.82, 2.24) is 4.90 Å². The summed E-state index contributed by atoms with van der Waals surface area (Å²) in [6.45, 7) is 5.17. The number of nitrogens with zero attached hydrogens (tertiary/aromatic N) is 5. The predicted octanol–water partition coefficient (Wildman–Crippen LogP) is 1.90. The van der Waals surface area contributed by atoms with Crippen LogP contribution >= 0.6 is 11.8 Å². The van der Waals surface area contributed by atoms with Crippen molar-refractivity contribution in [3.63, 3.8) is 0 Å². The van der Waals surface area contributed by atoms with E-state index in [1.54, 1.807) is 32.9 Å². The fourth-order valence-corrected chi connectivity index (χ4v) is 3.77. The van der Waals surface area contributed by atoms with Crippen LogP contribution in [0.5, 0.6) is 0 Å². The van der Waals surface area contributed by atoms with Crippen LogP contribution in [0.2, 0.25) is 0 Å². The average Bonchev–Trinajstić information content (AvgIpc) is 3.20. The van der Waals surface area contributed by atoms with E-state index in [1.807, 2.05) is 18.2 Å². The van der Waals surface area contributed by atoms with Crippen molar-refractivity contribution >= 4 is 51.8 Å². The predicted molar refractivity (Wildman–Crippen MR) is 112 cm³/mol. The molecule has 2 heterocycles. The molecule has 1 fully saturated rings. The number of benzene rings is 1. The number of hydrogen-bond donors (Lipinski definition) is 0. The zero-order valence-electron chi connectivity index (χ0n) is 16.4. The van der Waals surface area contributed by atoms with Gasteiger partial charge in [0.1, 0.15) is 12.5 Å². The maximum Gasteiger partial charge on any atom is 0.326 e. The largest absolute Gasteiger partial charge is 0.465 e. The summed E-state index contributed by atoms with van der Waals surface area (Å²) in [6.07, 6.45) is 0. The van der Waals surface area contributed by atoms with Crippen LogP contribution in [0.4, 0.5) is 5.69 Å². The zero-order chi connectivity index (χ0) is 21.0. The maximum atomic E-state index is 12.8. The van der Waals surface area contributed by atoms with Crippen molar-refractivity contribution in [2.45, 2.75) is 20.8 Å². The van der Waals surface area contributed by atoms with Gasteiger partial charge in [-0.1, -0.05) is 30.0 Å². The molecule has 0 N–H and O–H groups in total. The second-order valence-corrected chi connectivity index (χ2v) is 7.30. The highest BCUT2D eigenvalue weighted by molar-refractivity contribution is 8.15. The molecule has 1 aromatic rings. The number of anilines is 1. The van der Waals surface area contributed by atoms with Gasteiger partial charge in [-0.05, 0) is 32.9 Å². The van der Waals surface area contributed by atoms with Crippen LogP contribution in [0.3, 0.4) is 0 Å². The number of rotatable bonds is 6. The molecule has 0 aliphatic carbocycles. The van der Waals surface area contributed by atoms with Crippen molar-refractivity contribution < 1.29 is 19.1 Å². The Kier molecular flexibility index (Phi) is 6.42. The molecule has 10 heteroatoms. The lowest BCUT2D eigenvalue weighted by molar-refractivity contribution is -0.145. The second kappa shape index (κ2) is 8.99. The Balaban J connectivity index is 1.76. The number of hydrogen-bond acceptors (Lipinski definition) is 8. The Morgan fingerprint density at radius 1 is 1.31 bits per heavy atom. The molecule has 9 nitrogen and oxygen atoms in total. The highest BCUT2D eigenvalue weighted by atomic mass is 32.2. The summed E-state index contributed by atoms with van der Waals surface area (Å²) in [5, 5.41) is 14.3. The molecule has 1 saturated heterocycles. The average molecular weight is 415 g/mol. The Hall–Kier alpha value is -3.01. The summed E-state index contributed by atoms with van der Waals surface area (Å²) in [7, 11) is 0. The van der Waals surface area contributed by atoms with Crippen molar-refractivity contribution in [1.29, 1.82) is 0 Å². The molecule has 1 aromatic carbocycles. The van der Waals surface area contributed by atoms with Crippen LogP contribution in [0.1, 0.15) is 20.8 Å². The van der Waals surface area contributed by atoms with Crippen molar-refractivity contribution in [2.24, 2.45) is 21.2 Å². The minimum Gasteiger partial charge on any atom is -0.465 e. The van der Waals surface area contributed by atoms with Crippen LogP contribution in [0.25, 0.3) is 0 Å². The van der Waals surface area contributed by atoms with E-state index < -0.39 is 11.9 Å². The normalized spacial score (nSPS) is 21.2. The SMILES string of the molecule is CCOC(=O)CN1C(=O)CS/C1=N/N=C(\C)C1C(=O)N(c2ccccc2)N=C1C. The standard InChI is InChI=1S/C19H21N5O4S/c1-4-28-16(26)10-23-15(25)11-29-19(23)21-20-12(2)17-13(3)22-24(18(17)27)14-8-6-5-7-9-14/h5-9,17H,4,10-11H2,1-3H3/b20-12+,21-19+. The minimum absolute atomic E-state index is 0.178. The molecule has 0 radical (unpaired) electrons. The number of amides is 2. The number of carbonyl (C=O) groups is 3. The van der Waals surface area contributed by atoms with E-state index in [0.717, 1.165) is 0 Å². The number of hydrazone groups is 1. The smallest absolute Gasteiger partial charge is 0.326 e. The number of para-hydroxylation sites is 1. The molecule has 0 aromatic heterocycles. The highest BCUT2D eigenvalue weighted by Gasteiger charge is 2.37. The summed E-state index contributed by atoms with van der Waals surface area (Å²) >= 11 is 1.19. The van der Waals surface area contributed by atoms with Gasteiger partial charge in [0.15, 0.2) is 5.17 Å². The topological polar surface area (TPSA) is 104 Å². The van der Waals surface area contributed by atoms with E-state index in [9.17, 15) is 14.4 Å². The Bertz CT molecular complexity index is 912. The molecule has 29 heavy (non-hydrogen) atoms. The van der Waals surface area contributed by atoms with E-state index in [1.165, 1.54) is 21.7 Å². The zero-order valence-corrected chi connectivity index (χ0v) is 17.2. The molecule has 0 bridgehead atoms. The fourth-order valence-electron chi connectivity index (χ4n) is 2.94. The van der Waals surface area contributed by atoms with Gasteiger partial charge in [0.25, 0.3) is 5.91 Å². The number of amidine groups is 1. The first-order chi connectivity index (χ1) is 13.9. The summed E-state index contributed by atoms with van der Waals surface area (Å²) in [5.41, 5.74) is 1.74. The third kappa shape index (κ3) is 4.53. The van der Waals surface area contributed by atoms with E-state index in [0.29, 0.717) is 22.3 Å². The first kappa shape index (κ1) is 20.7. The first-order valence-electron chi connectivity index (χ1n) is 9.07. The molecule has 2 aliphatic rings. The highest BCUT2D eigenvalue weighted by Crippen LogP contribution is 2.25. The molecule has 152 valence electrons. The number of esters is 1. The monoisotopic (exact) mass is 415 g/mol. The lowest BCUT2D eigenvalue weighted by Crippen LogP contribution is -2.35. The number of carbonyl (C=O) groups excluding carboxylic acids is 3.